The standard InChI is InChI=1S/C42H24S6/c1-5-15-31-25(11-1)39(26-12-2-6-16-32(26)45-31)29-23-37(35-19-9-21-43-35)47-41(29)42-30(24-38(48-42)36-20-10-22-44-36)40-27-13-3-7-17-33(27)46-34-18-8-4-14-28(34)40/h1-24H/q+2. The van der Waals surface area contributed by atoms with Crippen molar-refractivity contribution >= 4 is 108 Å². The predicted molar refractivity (Wildman–Crippen MR) is 220 cm³/mol. The second-order valence-electron chi connectivity index (χ2n) is 11.6. The van der Waals surface area contributed by atoms with E-state index in [1.54, 1.807) is 0 Å². The lowest BCUT2D eigenvalue weighted by Gasteiger charge is -2.10. The summed E-state index contributed by atoms with van der Waals surface area (Å²) in [6.45, 7) is 0. The molecule has 10 rings (SSSR count). The summed E-state index contributed by atoms with van der Waals surface area (Å²) in [6.07, 6.45) is 0. The average molecular weight is 721 g/mol. The summed E-state index contributed by atoms with van der Waals surface area (Å²) >= 11 is 11.3. The molecule has 0 unspecified atom stereocenters. The summed E-state index contributed by atoms with van der Waals surface area (Å²) in [4.78, 5) is 7.94. The molecule has 48 heavy (non-hydrogen) atoms. The van der Waals surface area contributed by atoms with E-state index in [-0.39, 0.29) is 0 Å². The third-order valence-corrected chi connectivity index (χ3v) is 15.7. The van der Waals surface area contributed by atoms with Crippen LogP contribution in [-0.2, 0) is 0 Å². The van der Waals surface area contributed by atoms with Gasteiger partial charge in [-0.1, -0.05) is 60.7 Å². The van der Waals surface area contributed by atoms with Gasteiger partial charge in [-0.05, 0) is 59.3 Å². The van der Waals surface area contributed by atoms with Crippen LogP contribution in [0.15, 0.2) is 144 Å². The highest BCUT2D eigenvalue weighted by molar-refractivity contribution is 7.29. The maximum Gasteiger partial charge on any atom is 0.239 e. The van der Waals surface area contributed by atoms with Crippen molar-refractivity contribution < 1.29 is 0 Å². The van der Waals surface area contributed by atoms with Crippen molar-refractivity contribution in [1.29, 1.82) is 0 Å². The fourth-order valence-corrected chi connectivity index (χ4v) is 13.0. The first-order chi connectivity index (χ1) is 23.8. The van der Waals surface area contributed by atoms with E-state index in [0.29, 0.717) is 0 Å². The molecule has 6 aromatic heterocycles. The summed E-state index contributed by atoms with van der Waals surface area (Å²) in [5, 5.41) is 9.63. The monoisotopic (exact) mass is 720 g/mol. The molecule has 0 spiro atoms. The lowest BCUT2D eigenvalue weighted by molar-refractivity contribution is 1.76. The average Bonchev–Trinajstić information content (AvgIpc) is 3.96. The molecule has 10 aromatic rings. The Balaban J connectivity index is 1.36. The van der Waals surface area contributed by atoms with E-state index in [2.05, 4.69) is 144 Å². The van der Waals surface area contributed by atoms with E-state index < -0.39 is 0 Å². The maximum absolute atomic E-state index is 2.47. The molecule has 0 aliphatic carbocycles. The zero-order valence-corrected chi connectivity index (χ0v) is 30.2. The minimum absolute atomic E-state index is 1.31. The highest BCUT2D eigenvalue weighted by Gasteiger charge is 2.28. The van der Waals surface area contributed by atoms with Crippen LogP contribution in [0, 0.1) is 0 Å². The number of rotatable bonds is 5. The van der Waals surface area contributed by atoms with Gasteiger partial charge in [0.25, 0.3) is 0 Å². The van der Waals surface area contributed by atoms with Crippen LogP contribution >= 0.6 is 68.0 Å². The predicted octanol–water partition coefficient (Wildman–Crippen LogP) is 15.6. The van der Waals surface area contributed by atoms with Crippen LogP contribution in [0.5, 0.6) is 0 Å². The third-order valence-electron chi connectivity index (χ3n) is 8.80. The highest BCUT2D eigenvalue weighted by Crippen LogP contribution is 2.55. The van der Waals surface area contributed by atoms with E-state index >= 15 is 0 Å². The third kappa shape index (κ3) is 4.71. The smallest absolute Gasteiger partial charge is 0.143 e. The highest BCUT2D eigenvalue weighted by atomic mass is 32.1. The Bertz CT molecular complexity index is 2480. The van der Waals surface area contributed by atoms with E-state index in [1.807, 2.05) is 68.0 Å². The van der Waals surface area contributed by atoms with Crippen LogP contribution in [0.25, 0.3) is 91.9 Å². The van der Waals surface area contributed by atoms with Gasteiger partial charge in [-0.15, -0.1) is 45.3 Å². The molecular formula is C42H24S6+2. The first-order valence-electron chi connectivity index (χ1n) is 15.6. The fourth-order valence-electron chi connectivity index (χ4n) is 6.73. The Morgan fingerprint density at radius 3 is 1.04 bits per heavy atom. The van der Waals surface area contributed by atoms with Crippen molar-refractivity contribution in [2.45, 2.75) is 0 Å². The van der Waals surface area contributed by atoms with Gasteiger partial charge in [0.2, 0.25) is 41.5 Å². The molecule has 4 aromatic carbocycles. The van der Waals surface area contributed by atoms with Crippen LogP contribution in [0.3, 0.4) is 0 Å². The van der Waals surface area contributed by atoms with Gasteiger partial charge in [-0.2, -0.15) is 0 Å². The van der Waals surface area contributed by atoms with E-state index in [9.17, 15) is 0 Å². The number of hydrogen-bond donors (Lipinski definition) is 0. The molecule has 0 radical (unpaired) electrons. The lowest BCUT2D eigenvalue weighted by atomic mass is 9.94. The SMILES string of the molecule is c1csc(-c2cc(-c3c4ccccc4[s+]c4ccccc34)c(-c3sc(-c4cccs4)cc3-c3c4ccccc4[s+]c4ccccc34)s2)c1. The molecule has 0 saturated carbocycles. The van der Waals surface area contributed by atoms with Gasteiger partial charge < -0.3 is 0 Å². The molecule has 6 heterocycles. The topological polar surface area (TPSA) is 0 Å². The molecule has 0 amide bonds. The van der Waals surface area contributed by atoms with Crippen LogP contribution < -0.4 is 0 Å². The number of hydrogen-bond acceptors (Lipinski definition) is 4. The van der Waals surface area contributed by atoms with Crippen molar-refractivity contribution in [3.8, 4) is 51.5 Å². The molecule has 0 N–H and O–H groups in total. The normalized spacial score (nSPS) is 11.8. The van der Waals surface area contributed by atoms with Crippen molar-refractivity contribution in [3.63, 3.8) is 0 Å². The molecule has 226 valence electrons. The Morgan fingerprint density at radius 1 is 0.354 bits per heavy atom. The van der Waals surface area contributed by atoms with E-state index in [1.165, 1.54) is 91.9 Å². The number of thiophene rings is 4. The molecule has 0 bridgehead atoms. The summed E-state index contributed by atoms with van der Waals surface area (Å²) in [6, 6.07) is 49.6. The van der Waals surface area contributed by atoms with Crippen LogP contribution in [0.1, 0.15) is 0 Å². The Hall–Kier alpha value is -4.14. The molecule has 0 fully saturated rings. The van der Waals surface area contributed by atoms with Gasteiger partial charge in [-0.25, -0.2) is 0 Å². The van der Waals surface area contributed by atoms with Crippen LogP contribution in [0.4, 0.5) is 0 Å². The zero-order chi connectivity index (χ0) is 31.6. The first-order valence-corrected chi connectivity index (χ1v) is 20.7. The molecule has 0 nitrogen and oxygen atoms in total. The van der Waals surface area contributed by atoms with E-state index in [4.69, 9.17) is 0 Å². The van der Waals surface area contributed by atoms with Crippen molar-refractivity contribution in [1.82, 2.24) is 0 Å². The Morgan fingerprint density at radius 2 is 0.708 bits per heavy atom. The van der Waals surface area contributed by atoms with Gasteiger partial charge in [0.05, 0.1) is 9.75 Å². The first kappa shape index (κ1) is 28.8. The summed E-state index contributed by atoms with van der Waals surface area (Å²) in [5.74, 6) is 0. The Labute approximate surface area is 301 Å². The molecule has 0 aliphatic rings. The lowest BCUT2D eigenvalue weighted by Crippen LogP contribution is -1.86. The minimum atomic E-state index is 1.31. The van der Waals surface area contributed by atoms with Crippen LogP contribution in [0.2, 0.25) is 0 Å². The minimum Gasteiger partial charge on any atom is -0.143 e. The number of fused-ring (bicyclic) bond motifs is 4. The molecule has 0 atom stereocenters. The van der Waals surface area contributed by atoms with Gasteiger partial charge >= 0.3 is 0 Å². The number of benzene rings is 4. The van der Waals surface area contributed by atoms with Gasteiger partial charge in [0, 0.05) is 87.6 Å². The quantitative estimate of drug-likeness (QED) is 0.123. The van der Waals surface area contributed by atoms with Gasteiger partial charge in [0.15, 0.2) is 0 Å². The van der Waals surface area contributed by atoms with E-state index in [0.717, 1.165) is 0 Å². The van der Waals surface area contributed by atoms with Crippen molar-refractivity contribution in [2.24, 2.45) is 0 Å². The van der Waals surface area contributed by atoms with Crippen LogP contribution in [-0.4, -0.2) is 0 Å². The molecule has 0 aliphatic heterocycles. The molecular weight excluding hydrogens is 697 g/mol. The maximum atomic E-state index is 2.47. The molecule has 6 heteroatoms. The van der Waals surface area contributed by atoms with Gasteiger partial charge in [0.1, 0.15) is 0 Å². The largest absolute Gasteiger partial charge is 0.239 e. The summed E-state index contributed by atoms with van der Waals surface area (Å²) in [7, 11) is 0. The second-order valence-corrected chi connectivity index (χ2v) is 17.8. The van der Waals surface area contributed by atoms with Crippen molar-refractivity contribution in [2.75, 3.05) is 0 Å². The fraction of sp³-hybridized carbons (Fsp3) is 0. The Kier molecular flexibility index (Phi) is 7.07. The van der Waals surface area contributed by atoms with Gasteiger partial charge in [-0.3, -0.25) is 0 Å². The zero-order valence-electron chi connectivity index (χ0n) is 25.3. The second kappa shape index (κ2) is 11.8. The summed E-state index contributed by atoms with van der Waals surface area (Å²) < 4.78 is 5.25. The summed E-state index contributed by atoms with van der Waals surface area (Å²) in [5.41, 5.74) is 5.29. The van der Waals surface area contributed by atoms with Crippen molar-refractivity contribution in [3.05, 3.63) is 144 Å². The molecule has 0 saturated heterocycles.